The maximum atomic E-state index is 12.9. The number of nitrogens with zero attached hydrogens (tertiary/aromatic N) is 5. The number of aromatic nitrogens is 3. The van der Waals surface area contributed by atoms with Crippen molar-refractivity contribution < 1.29 is 14.6 Å². The maximum Gasteiger partial charge on any atom is 0.227 e. The zero-order chi connectivity index (χ0) is 21.3. The lowest BCUT2D eigenvalue weighted by atomic mass is 10.1. The van der Waals surface area contributed by atoms with Crippen molar-refractivity contribution in [3.63, 3.8) is 0 Å². The Hall–Kier alpha value is -2.45. The van der Waals surface area contributed by atoms with Crippen LogP contribution in [0.15, 0.2) is 24.3 Å². The topological polar surface area (TPSA) is 83.7 Å². The number of benzene rings is 1. The summed E-state index contributed by atoms with van der Waals surface area (Å²) in [5.41, 5.74) is 0.955. The van der Waals surface area contributed by atoms with Gasteiger partial charge in [-0.2, -0.15) is 0 Å². The molecule has 2 atom stereocenters. The average Bonchev–Trinajstić information content (AvgIpc) is 3.24. The Morgan fingerprint density at radius 3 is 2.87 bits per heavy atom. The first-order valence-corrected chi connectivity index (χ1v) is 10.7. The standard InChI is InChI=1S/C22H31N5O3/c1-15(2)27-14-17(28)13-19(27)22-24-23-20-7-8-25(9-10-26(20)22)21(29)12-16-5-4-6-18(11-16)30-3/h4-6,11,15,17,19,28H,7-10,12-14H2,1-3H3/t17-,19+/m1/s1. The molecule has 1 N–H and O–H groups in total. The summed E-state index contributed by atoms with van der Waals surface area (Å²) in [6, 6.07) is 8.06. The van der Waals surface area contributed by atoms with Crippen LogP contribution < -0.4 is 4.74 Å². The molecule has 1 amide bonds. The van der Waals surface area contributed by atoms with Crippen molar-refractivity contribution in [3.8, 4) is 5.75 Å². The first-order chi connectivity index (χ1) is 14.5. The molecule has 0 radical (unpaired) electrons. The lowest BCUT2D eigenvalue weighted by Crippen LogP contribution is -2.35. The summed E-state index contributed by atoms with van der Waals surface area (Å²) in [6.45, 7) is 6.91. The van der Waals surface area contributed by atoms with E-state index in [0.29, 0.717) is 51.5 Å². The molecule has 2 aromatic rings. The highest BCUT2D eigenvalue weighted by Gasteiger charge is 2.37. The monoisotopic (exact) mass is 413 g/mol. The highest BCUT2D eigenvalue weighted by atomic mass is 16.5. The molecule has 1 aromatic heterocycles. The van der Waals surface area contributed by atoms with Crippen LogP contribution in [0.4, 0.5) is 0 Å². The smallest absolute Gasteiger partial charge is 0.227 e. The van der Waals surface area contributed by atoms with Crippen LogP contribution in [0, 0.1) is 0 Å². The fourth-order valence-electron chi connectivity index (χ4n) is 4.57. The number of methoxy groups -OCH3 is 1. The third kappa shape index (κ3) is 4.20. The summed E-state index contributed by atoms with van der Waals surface area (Å²) in [7, 11) is 1.63. The van der Waals surface area contributed by atoms with Crippen molar-refractivity contribution in [3.05, 3.63) is 41.5 Å². The van der Waals surface area contributed by atoms with E-state index >= 15 is 0 Å². The van der Waals surface area contributed by atoms with Gasteiger partial charge in [-0.25, -0.2) is 0 Å². The lowest BCUT2D eigenvalue weighted by Gasteiger charge is -2.27. The van der Waals surface area contributed by atoms with Crippen LogP contribution in [-0.2, 0) is 24.2 Å². The van der Waals surface area contributed by atoms with E-state index in [2.05, 4.69) is 33.5 Å². The predicted octanol–water partition coefficient (Wildman–Crippen LogP) is 1.43. The van der Waals surface area contributed by atoms with E-state index in [1.807, 2.05) is 29.2 Å². The van der Waals surface area contributed by atoms with Gasteiger partial charge in [-0.15, -0.1) is 10.2 Å². The van der Waals surface area contributed by atoms with Crippen molar-refractivity contribution in [1.82, 2.24) is 24.6 Å². The number of hydrogen-bond donors (Lipinski definition) is 1. The minimum Gasteiger partial charge on any atom is -0.497 e. The number of aliphatic hydroxyl groups excluding tert-OH is 1. The van der Waals surface area contributed by atoms with Crippen LogP contribution in [0.3, 0.4) is 0 Å². The van der Waals surface area contributed by atoms with Crippen molar-refractivity contribution in [2.75, 3.05) is 26.7 Å². The number of carbonyl (C=O) groups excluding carboxylic acids is 1. The van der Waals surface area contributed by atoms with Crippen LogP contribution >= 0.6 is 0 Å². The van der Waals surface area contributed by atoms with Gasteiger partial charge in [-0.05, 0) is 38.0 Å². The zero-order valence-electron chi connectivity index (χ0n) is 18.0. The van der Waals surface area contributed by atoms with Crippen LogP contribution in [0.5, 0.6) is 5.75 Å². The van der Waals surface area contributed by atoms with E-state index in [1.165, 1.54) is 0 Å². The van der Waals surface area contributed by atoms with Gasteiger partial charge < -0.3 is 19.3 Å². The van der Waals surface area contributed by atoms with Gasteiger partial charge in [0.25, 0.3) is 0 Å². The Kier molecular flexibility index (Phi) is 6.06. The third-order valence-corrected chi connectivity index (χ3v) is 6.18. The van der Waals surface area contributed by atoms with Crippen molar-refractivity contribution in [2.24, 2.45) is 0 Å². The highest BCUT2D eigenvalue weighted by Crippen LogP contribution is 2.33. The number of likely N-dealkylation sites (tertiary alicyclic amines) is 1. The van der Waals surface area contributed by atoms with E-state index in [4.69, 9.17) is 4.74 Å². The summed E-state index contributed by atoms with van der Waals surface area (Å²) in [6.07, 6.45) is 1.39. The van der Waals surface area contributed by atoms with Gasteiger partial charge in [0, 0.05) is 38.6 Å². The number of amides is 1. The number of rotatable bonds is 5. The molecule has 4 rings (SSSR count). The molecule has 8 heteroatoms. The molecular weight excluding hydrogens is 382 g/mol. The van der Waals surface area contributed by atoms with Gasteiger partial charge in [-0.1, -0.05) is 12.1 Å². The van der Waals surface area contributed by atoms with E-state index in [9.17, 15) is 9.90 Å². The normalized spacial score (nSPS) is 22.2. The van der Waals surface area contributed by atoms with Crippen molar-refractivity contribution >= 4 is 5.91 Å². The summed E-state index contributed by atoms with van der Waals surface area (Å²) < 4.78 is 7.43. The second-order valence-corrected chi connectivity index (χ2v) is 8.48. The lowest BCUT2D eigenvalue weighted by molar-refractivity contribution is -0.130. The third-order valence-electron chi connectivity index (χ3n) is 6.18. The number of aliphatic hydroxyl groups is 1. The molecule has 8 nitrogen and oxygen atoms in total. The Morgan fingerprint density at radius 1 is 1.27 bits per heavy atom. The SMILES string of the molecule is COc1cccc(CC(=O)N2CCc3nnc([C@@H]4C[C@@H](O)CN4C(C)C)n3CC2)c1. The highest BCUT2D eigenvalue weighted by molar-refractivity contribution is 5.79. The van der Waals surface area contributed by atoms with Gasteiger partial charge in [-0.3, -0.25) is 9.69 Å². The summed E-state index contributed by atoms with van der Waals surface area (Å²) in [5.74, 6) is 2.72. The van der Waals surface area contributed by atoms with Crippen LogP contribution in [0.2, 0.25) is 0 Å². The molecule has 0 spiro atoms. The molecule has 30 heavy (non-hydrogen) atoms. The number of fused-ring (bicyclic) bond motifs is 1. The molecule has 162 valence electrons. The first-order valence-electron chi connectivity index (χ1n) is 10.7. The van der Waals surface area contributed by atoms with Crippen LogP contribution in [0.1, 0.15) is 43.5 Å². The van der Waals surface area contributed by atoms with Gasteiger partial charge in [0.05, 0.1) is 25.7 Å². The second-order valence-electron chi connectivity index (χ2n) is 8.48. The largest absolute Gasteiger partial charge is 0.497 e. The molecule has 0 unspecified atom stereocenters. The maximum absolute atomic E-state index is 12.9. The van der Waals surface area contributed by atoms with Crippen LogP contribution in [0.25, 0.3) is 0 Å². The van der Waals surface area contributed by atoms with E-state index in [1.54, 1.807) is 7.11 Å². The number of β-amino-alcohol motifs (C(OH)–C–C–N with tert-alkyl or cyclic N) is 1. The quantitative estimate of drug-likeness (QED) is 0.798. The van der Waals surface area contributed by atoms with Crippen molar-refractivity contribution in [1.29, 1.82) is 0 Å². The molecule has 2 aliphatic rings. The number of carbonyl (C=O) groups is 1. The Labute approximate surface area is 177 Å². The van der Waals surface area contributed by atoms with Gasteiger partial charge in [0.15, 0.2) is 5.82 Å². The zero-order valence-corrected chi connectivity index (χ0v) is 18.0. The Bertz CT molecular complexity index is 897. The van der Waals surface area contributed by atoms with Crippen LogP contribution in [-0.4, -0.2) is 74.5 Å². The fraction of sp³-hybridized carbons (Fsp3) is 0.591. The molecular formula is C22H31N5O3. The van der Waals surface area contributed by atoms with E-state index in [0.717, 1.165) is 23.0 Å². The summed E-state index contributed by atoms with van der Waals surface area (Å²) in [4.78, 5) is 17.1. The van der Waals surface area contributed by atoms with Gasteiger partial charge in [0.2, 0.25) is 5.91 Å². The molecule has 0 bridgehead atoms. The van der Waals surface area contributed by atoms with Gasteiger partial charge in [0.1, 0.15) is 11.6 Å². The minimum atomic E-state index is -0.336. The van der Waals surface area contributed by atoms with E-state index in [-0.39, 0.29) is 18.1 Å². The fourth-order valence-corrected chi connectivity index (χ4v) is 4.57. The van der Waals surface area contributed by atoms with Crippen molar-refractivity contribution in [2.45, 2.75) is 57.8 Å². The Morgan fingerprint density at radius 2 is 2.10 bits per heavy atom. The number of ether oxygens (including phenoxy) is 1. The number of hydrogen-bond acceptors (Lipinski definition) is 6. The molecule has 1 saturated heterocycles. The molecule has 1 aromatic carbocycles. The molecule has 2 aliphatic heterocycles. The van der Waals surface area contributed by atoms with Gasteiger partial charge >= 0.3 is 0 Å². The molecule has 3 heterocycles. The average molecular weight is 414 g/mol. The summed E-state index contributed by atoms with van der Waals surface area (Å²) in [5, 5.41) is 19.1. The summed E-state index contributed by atoms with van der Waals surface area (Å²) >= 11 is 0. The first kappa shape index (κ1) is 20.8. The van der Waals surface area contributed by atoms with E-state index < -0.39 is 0 Å². The molecule has 0 saturated carbocycles. The molecule has 0 aliphatic carbocycles. The predicted molar refractivity (Wildman–Crippen MR) is 112 cm³/mol. The minimum absolute atomic E-state index is 0.0697. The molecule has 1 fully saturated rings. The Balaban J connectivity index is 1.46. The second kappa shape index (κ2) is 8.73.